The third-order valence-corrected chi connectivity index (χ3v) is 4.17. The van der Waals surface area contributed by atoms with Gasteiger partial charge in [-0.25, -0.2) is 4.98 Å². The van der Waals surface area contributed by atoms with Crippen LogP contribution in [0.3, 0.4) is 0 Å². The maximum absolute atomic E-state index is 4.87. The van der Waals surface area contributed by atoms with Crippen molar-refractivity contribution < 1.29 is 0 Å². The molecule has 1 unspecified atom stereocenters. The summed E-state index contributed by atoms with van der Waals surface area (Å²) in [5, 5.41) is 3.47. The number of aromatic nitrogens is 2. The van der Waals surface area contributed by atoms with E-state index in [1.807, 2.05) is 0 Å². The van der Waals surface area contributed by atoms with E-state index in [0.717, 1.165) is 24.9 Å². The first-order chi connectivity index (χ1) is 10.3. The number of nitrogens with one attached hydrogen (secondary N) is 1. The van der Waals surface area contributed by atoms with Crippen molar-refractivity contribution in [2.24, 2.45) is 0 Å². The molecular weight excluding hydrogens is 258 g/mol. The van der Waals surface area contributed by atoms with Crippen molar-refractivity contribution in [3.63, 3.8) is 0 Å². The molecular formula is C18H29N3. The van der Waals surface area contributed by atoms with Gasteiger partial charge in [0.1, 0.15) is 5.82 Å². The molecule has 0 saturated carbocycles. The van der Waals surface area contributed by atoms with Crippen molar-refractivity contribution in [3.8, 4) is 0 Å². The Kier molecular flexibility index (Phi) is 6.24. The Hall–Kier alpha value is -1.35. The van der Waals surface area contributed by atoms with Gasteiger partial charge in [0.05, 0.1) is 11.0 Å². The van der Waals surface area contributed by atoms with Crippen LogP contribution in [0.5, 0.6) is 0 Å². The molecule has 0 fully saturated rings. The van der Waals surface area contributed by atoms with Crippen LogP contribution in [0.1, 0.15) is 51.8 Å². The third-order valence-electron chi connectivity index (χ3n) is 4.17. The molecule has 2 aromatic rings. The van der Waals surface area contributed by atoms with Gasteiger partial charge in [0.15, 0.2) is 0 Å². The maximum Gasteiger partial charge on any atom is 0.111 e. The molecule has 0 aliphatic carbocycles. The summed E-state index contributed by atoms with van der Waals surface area (Å²) in [6.45, 7) is 5.55. The van der Waals surface area contributed by atoms with Crippen molar-refractivity contribution in [2.75, 3.05) is 7.05 Å². The summed E-state index contributed by atoms with van der Waals surface area (Å²) in [6, 6.07) is 9.02. The van der Waals surface area contributed by atoms with Gasteiger partial charge in [0.2, 0.25) is 0 Å². The Morgan fingerprint density at radius 2 is 1.95 bits per heavy atom. The van der Waals surface area contributed by atoms with E-state index in [0.29, 0.717) is 6.04 Å². The third kappa shape index (κ3) is 4.07. The number of aryl methyl sites for hydroxylation is 1. The van der Waals surface area contributed by atoms with E-state index >= 15 is 0 Å². The van der Waals surface area contributed by atoms with Crippen LogP contribution in [-0.4, -0.2) is 22.6 Å². The van der Waals surface area contributed by atoms with Gasteiger partial charge >= 0.3 is 0 Å². The van der Waals surface area contributed by atoms with Crippen LogP contribution in [0.25, 0.3) is 11.0 Å². The van der Waals surface area contributed by atoms with Crippen LogP contribution < -0.4 is 5.32 Å². The SMILES string of the molecule is CCCCCC(Cc1nc2ccccc2n1CCC)NC. The molecule has 1 aromatic heterocycles. The fraction of sp³-hybridized carbons (Fsp3) is 0.611. The molecule has 21 heavy (non-hydrogen) atoms. The zero-order valence-electron chi connectivity index (χ0n) is 13.7. The lowest BCUT2D eigenvalue weighted by Crippen LogP contribution is -2.28. The number of rotatable bonds is 9. The molecule has 3 heteroatoms. The highest BCUT2D eigenvalue weighted by Crippen LogP contribution is 2.18. The quantitative estimate of drug-likeness (QED) is 0.702. The number of likely N-dealkylation sites (N-methyl/N-ethyl adjacent to an activating group) is 1. The second-order valence-corrected chi connectivity index (χ2v) is 5.85. The summed E-state index contributed by atoms with van der Waals surface area (Å²) in [5.41, 5.74) is 2.40. The fourth-order valence-corrected chi connectivity index (χ4v) is 2.96. The first kappa shape index (κ1) is 16.0. The Bertz CT molecular complexity index is 544. The highest BCUT2D eigenvalue weighted by atomic mass is 15.1. The van der Waals surface area contributed by atoms with Crippen LogP contribution in [0, 0.1) is 0 Å². The summed E-state index contributed by atoms with van der Waals surface area (Å²) >= 11 is 0. The van der Waals surface area contributed by atoms with Crippen molar-refractivity contribution in [2.45, 2.75) is 65.0 Å². The van der Waals surface area contributed by atoms with Crippen LogP contribution in [-0.2, 0) is 13.0 Å². The number of unbranched alkanes of at least 4 members (excludes halogenated alkanes) is 2. The molecule has 1 N–H and O–H groups in total. The average molecular weight is 287 g/mol. The number of fused-ring (bicyclic) bond motifs is 1. The van der Waals surface area contributed by atoms with E-state index in [4.69, 9.17) is 4.98 Å². The number of hydrogen-bond donors (Lipinski definition) is 1. The number of benzene rings is 1. The number of hydrogen-bond acceptors (Lipinski definition) is 2. The molecule has 0 bridgehead atoms. The summed E-state index contributed by atoms with van der Waals surface area (Å²) in [6.07, 6.45) is 7.31. The molecule has 2 rings (SSSR count). The van der Waals surface area contributed by atoms with E-state index < -0.39 is 0 Å². The first-order valence-corrected chi connectivity index (χ1v) is 8.41. The first-order valence-electron chi connectivity index (χ1n) is 8.41. The number of para-hydroxylation sites is 2. The predicted octanol–water partition coefficient (Wildman–Crippen LogP) is 4.16. The van der Waals surface area contributed by atoms with Gasteiger partial charge in [-0.1, -0.05) is 45.2 Å². The van der Waals surface area contributed by atoms with E-state index in [1.165, 1.54) is 37.0 Å². The summed E-state index contributed by atoms with van der Waals surface area (Å²) in [4.78, 5) is 4.87. The van der Waals surface area contributed by atoms with Crippen LogP contribution in [0.4, 0.5) is 0 Å². The Labute approximate surface area is 128 Å². The van der Waals surface area contributed by atoms with E-state index in [9.17, 15) is 0 Å². The second-order valence-electron chi connectivity index (χ2n) is 5.85. The zero-order valence-corrected chi connectivity index (χ0v) is 13.7. The van der Waals surface area contributed by atoms with Gasteiger partial charge in [-0.3, -0.25) is 0 Å². The van der Waals surface area contributed by atoms with Crippen molar-refractivity contribution >= 4 is 11.0 Å². The minimum absolute atomic E-state index is 0.531. The summed E-state index contributed by atoms with van der Waals surface area (Å²) in [7, 11) is 2.07. The van der Waals surface area contributed by atoms with Gasteiger partial charge in [0, 0.05) is 19.0 Å². The molecule has 0 spiro atoms. The van der Waals surface area contributed by atoms with Crippen molar-refractivity contribution in [3.05, 3.63) is 30.1 Å². The van der Waals surface area contributed by atoms with Gasteiger partial charge in [-0.2, -0.15) is 0 Å². The minimum Gasteiger partial charge on any atom is -0.328 e. The molecule has 0 radical (unpaired) electrons. The maximum atomic E-state index is 4.87. The molecule has 0 saturated heterocycles. The summed E-state index contributed by atoms with van der Waals surface area (Å²) in [5.74, 6) is 1.23. The number of nitrogens with zero attached hydrogens (tertiary/aromatic N) is 2. The molecule has 1 heterocycles. The lowest BCUT2D eigenvalue weighted by Gasteiger charge is -2.16. The van der Waals surface area contributed by atoms with Crippen molar-refractivity contribution in [1.29, 1.82) is 0 Å². The Balaban J connectivity index is 2.17. The standard InChI is InChI=1S/C18H29N3/c1-4-6-7-10-15(19-3)14-18-20-16-11-8-9-12-17(16)21(18)13-5-2/h8-9,11-12,15,19H,4-7,10,13-14H2,1-3H3. The molecule has 3 nitrogen and oxygen atoms in total. The van der Waals surface area contributed by atoms with Gasteiger partial charge in [-0.15, -0.1) is 0 Å². The average Bonchev–Trinajstić information content (AvgIpc) is 2.85. The van der Waals surface area contributed by atoms with Gasteiger partial charge < -0.3 is 9.88 Å². The largest absolute Gasteiger partial charge is 0.328 e. The van der Waals surface area contributed by atoms with Crippen LogP contribution in [0.2, 0.25) is 0 Å². The molecule has 0 amide bonds. The van der Waals surface area contributed by atoms with Crippen molar-refractivity contribution in [1.82, 2.24) is 14.9 Å². The van der Waals surface area contributed by atoms with E-state index in [-0.39, 0.29) is 0 Å². The van der Waals surface area contributed by atoms with Gasteiger partial charge in [0.25, 0.3) is 0 Å². The lowest BCUT2D eigenvalue weighted by molar-refractivity contribution is 0.472. The zero-order chi connectivity index (χ0) is 15.1. The Morgan fingerprint density at radius 3 is 2.67 bits per heavy atom. The molecule has 0 aliphatic heterocycles. The molecule has 1 aromatic carbocycles. The highest BCUT2D eigenvalue weighted by Gasteiger charge is 2.14. The smallest absolute Gasteiger partial charge is 0.111 e. The number of imidazole rings is 1. The summed E-state index contributed by atoms with van der Waals surface area (Å²) < 4.78 is 2.40. The monoisotopic (exact) mass is 287 g/mol. The van der Waals surface area contributed by atoms with E-state index in [2.05, 4.69) is 55.0 Å². The van der Waals surface area contributed by atoms with Crippen LogP contribution in [0.15, 0.2) is 24.3 Å². The highest BCUT2D eigenvalue weighted by molar-refractivity contribution is 5.75. The fourth-order valence-electron chi connectivity index (χ4n) is 2.96. The molecule has 1 atom stereocenters. The van der Waals surface area contributed by atoms with Crippen LogP contribution >= 0.6 is 0 Å². The normalized spacial score (nSPS) is 12.9. The molecule has 0 aliphatic rings. The predicted molar refractivity (Wildman–Crippen MR) is 90.7 cm³/mol. The lowest BCUT2D eigenvalue weighted by atomic mass is 10.1. The second kappa shape index (κ2) is 8.18. The van der Waals surface area contributed by atoms with Gasteiger partial charge in [-0.05, 0) is 32.0 Å². The molecule has 116 valence electrons. The van der Waals surface area contributed by atoms with E-state index in [1.54, 1.807) is 0 Å². The Morgan fingerprint density at radius 1 is 1.14 bits per heavy atom. The topological polar surface area (TPSA) is 29.9 Å². The minimum atomic E-state index is 0.531.